The summed E-state index contributed by atoms with van der Waals surface area (Å²) in [6, 6.07) is 6.68. The van der Waals surface area contributed by atoms with Crippen LogP contribution in [0.1, 0.15) is 43.7 Å². The molecule has 1 aromatic carbocycles. The largest absolute Gasteiger partial charge is 0.380 e. The quantitative estimate of drug-likeness (QED) is 0.263. The van der Waals surface area contributed by atoms with Gasteiger partial charge in [-0.3, -0.25) is 4.79 Å². The minimum absolute atomic E-state index is 0.113. The van der Waals surface area contributed by atoms with E-state index in [9.17, 15) is 9.59 Å². The lowest BCUT2D eigenvalue weighted by molar-refractivity contribution is -0.140. The third-order valence-electron chi connectivity index (χ3n) is 5.05. The van der Waals surface area contributed by atoms with E-state index in [4.69, 9.17) is 11.5 Å². The molecule has 0 aromatic heterocycles. The van der Waals surface area contributed by atoms with E-state index in [2.05, 4.69) is 27.3 Å². The lowest BCUT2D eigenvalue weighted by atomic mass is 9.91. The van der Waals surface area contributed by atoms with E-state index in [-0.39, 0.29) is 11.7 Å². The van der Waals surface area contributed by atoms with Gasteiger partial charge in [-0.15, -0.1) is 0 Å². The van der Waals surface area contributed by atoms with Crippen LogP contribution in [0, 0.1) is 5.92 Å². The molecule has 1 amide bonds. The number of amidine groups is 1. The number of carbonyl (C=O) groups is 2. The summed E-state index contributed by atoms with van der Waals surface area (Å²) in [6.45, 7) is 3.89. The molecule has 1 fully saturated rings. The lowest BCUT2D eigenvalue weighted by Gasteiger charge is -2.29. The minimum Gasteiger partial charge on any atom is -0.380 e. The maximum atomic E-state index is 12.2. The molecule has 1 saturated heterocycles. The van der Waals surface area contributed by atoms with Gasteiger partial charge in [-0.05, 0) is 57.3 Å². The molecule has 8 nitrogen and oxygen atoms in total. The number of amides is 1. The molecule has 1 aliphatic rings. The number of hydrogen-bond acceptors (Lipinski definition) is 6. The number of nitrogens with two attached hydrogens (primary N) is 2. The minimum atomic E-state index is -0.533. The summed E-state index contributed by atoms with van der Waals surface area (Å²) in [5.74, 6) is 0.116. The normalized spacial score (nSPS) is 17.2. The molecule has 1 aliphatic heterocycles. The Balaban J connectivity index is 1.74. The number of nitrogens with zero attached hydrogens (tertiary/aromatic N) is 2. The molecular formula is C20H31N5O3. The Hall–Kier alpha value is -2.45. The molecule has 28 heavy (non-hydrogen) atoms. The zero-order chi connectivity index (χ0) is 20.5. The van der Waals surface area contributed by atoms with E-state index < -0.39 is 12.0 Å². The van der Waals surface area contributed by atoms with Gasteiger partial charge >= 0.3 is 5.97 Å². The van der Waals surface area contributed by atoms with Gasteiger partial charge in [0.2, 0.25) is 5.91 Å². The van der Waals surface area contributed by atoms with Crippen molar-refractivity contribution < 1.29 is 14.4 Å². The Morgan fingerprint density at radius 2 is 1.93 bits per heavy atom. The van der Waals surface area contributed by atoms with Crippen molar-refractivity contribution in [2.24, 2.45) is 22.5 Å². The first kappa shape index (κ1) is 21.8. The number of rotatable bonds is 8. The number of piperidine rings is 1. The molecule has 0 radical (unpaired) electrons. The van der Waals surface area contributed by atoms with Crippen molar-refractivity contribution >= 4 is 17.7 Å². The molecule has 0 spiro atoms. The molecule has 154 valence electrons. The average Bonchev–Trinajstić information content (AvgIpc) is 2.69. The van der Waals surface area contributed by atoms with E-state index in [1.54, 1.807) is 12.1 Å². The number of oxime groups is 1. The van der Waals surface area contributed by atoms with Crippen LogP contribution in [0.25, 0.3) is 0 Å². The summed E-state index contributed by atoms with van der Waals surface area (Å²) in [5, 5.41) is 6.42. The van der Waals surface area contributed by atoms with Crippen molar-refractivity contribution in [2.75, 3.05) is 20.1 Å². The van der Waals surface area contributed by atoms with Gasteiger partial charge < -0.3 is 26.5 Å². The highest BCUT2D eigenvalue weighted by molar-refractivity contribution is 5.97. The molecule has 0 unspecified atom stereocenters. The molecule has 0 aliphatic carbocycles. The number of nitrogens with one attached hydrogen (secondary N) is 1. The molecule has 0 saturated carbocycles. The SMILES string of the molecule is CC(=O)O/N=C(\N)c1ccc(CNC(=O)[C@@H](N)CCC2CCN(C)CC2)cc1. The van der Waals surface area contributed by atoms with Crippen LogP contribution in [-0.4, -0.2) is 48.8 Å². The lowest BCUT2D eigenvalue weighted by Crippen LogP contribution is -2.40. The van der Waals surface area contributed by atoms with E-state index in [1.165, 1.54) is 19.8 Å². The van der Waals surface area contributed by atoms with Crippen LogP contribution in [0.2, 0.25) is 0 Å². The van der Waals surface area contributed by atoms with Gasteiger partial charge in [0.1, 0.15) is 0 Å². The predicted molar refractivity (Wildman–Crippen MR) is 108 cm³/mol. The Bertz CT molecular complexity index is 682. The van der Waals surface area contributed by atoms with Crippen molar-refractivity contribution in [1.82, 2.24) is 10.2 Å². The topological polar surface area (TPSA) is 123 Å². The highest BCUT2D eigenvalue weighted by atomic mass is 16.7. The standard InChI is InChI=1S/C20H31N5O3/c1-14(26)28-24-19(22)17-6-3-16(4-7-17)13-23-20(27)18(21)8-5-15-9-11-25(2)12-10-15/h3-4,6-7,15,18H,5,8-13,21H2,1-2H3,(H2,22,24)(H,23,27)/t18-/m0/s1. The second kappa shape index (κ2) is 10.8. The van der Waals surface area contributed by atoms with Gasteiger partial charge in [-0.1, -0.05) is 29.4 Å². The number of likely N-dealkylation sites (tertiary alicyclic amines) is 1. The van der Waals surface area contributed by atoms with Crippen LogP contribution in [0.3, 0.4) is 0 Å². The smallest absolute Gasteiger partial charge is 0.332 e. The summed E-state index contributed by atoms with van der Waals surface area (Å²) >= 11 is 0. The van der Waals surface area contributed by atoms with Gasteiger partial charge in [0.15, 0.2) is 5.84 Å². The summed E-state index contributed by atoms with van der Waals surface area (Å²) in [6.07, 6.45) is 4.07. The Morgan fingerprint density at radius 3 is 2.54 bits per heavy atom. The summed E-state index contributed by atoms with van der Waals surface area (Å²) in [7, 11) is 2.14. The highest BCUT2D eigenvalue weighted by Crippen LogP contribution is 2.21. The first-order chi connectivity index (χ1) is 13.3. The van der Waals surface area contributed by atoms with E-state index in [0.717, 1.165) is 25.1 Å². The van der Waals surface area contributed by atoms with Gasteiger partial charge in [-0.25, -0.2) is 4.79 Å². The number of hydrogen-bond donors (Lipinski definition) is 3. The second-order valence-electron chi connectivity index (χ2n) is 7.40. The zero-order valence-electron chi connectivity index (χ0n) is 16.7. The van der Waals surface area contributed by atoms with Crippen LogP contribution in [0.15, 0.2) is 29.4 Å². The second-order valence-corrected chi connectivity index (χ2v) is 7.40. The van der Waals surface area contributed by atoms with Crippen LogP contribution in [0.5, 0.6) is 0 Å². The van der Waals surface area contributed by atoms with E-state index >= 15 is 0 Å². The van der Waals surface area contributed by atoms with Crippen molar-refractivity contribution in [3.8, 4) is 0 Å². The first-order valence-corrected chi connectivity index (χ1v) is 9.67. The monoisotopic (exact) mass is 389 g/mol. The third-order valence-corrected chi connectivity index (χ3v) is 5.05. The molecule has 2 rings (SSSR count). The molecule has 8 heteroatoms. The Kier molecular flexibility index (Phi) is 8.41. The van der Waals surface area contributed by atoms with Crippen LogP contribution in [0.4, 0.5) is 0 Å². The van der Waals surface area contributed by atoms with Crippen LogP contribution >= 0.6 is 0 Å². The molecular weight excluding hydrogens is 358 g/mol. The summed E-state index contributed by atoms with van der Waals surface area (Å²) in [4.78, 5) is 29.8. The fourth-order valence-electron chi connectivity index (χ4n) is 3.18. The molecule has 0 bridgehead atoms. The molecule has 5 N–H and O–H groups in total. The predicted octanol–water partition coefficient (Wildman–Crippen LogP) is 0.936. The fourth-order valence-corrected chi connectivity index (χ4v) is 3.18. The summed E-state index contributed by atoms with van der Waals surface area (Å²) < 4.78 is 0. The number of benzene rings is 1. The van der Waals surface area contributed by atoms with Gasteiger partial charge in [0, 0.05) is 19.0 Å². The van der Waals surface area contributed by atoms with Crippen molar-refractivity contribution in [3.05, 3.63) is 35.4 Å². The van der Waals surface area contributed by atoms with E-state index in [0.29, 0.717) is 24.4 Å². The van der Waals surface area contributed by atoms with Gasteiger partial charge in [0.25, 0.3) is 0 Å². The molecule has 1 heterocycles. The average molecular weight is 390 g/mol. The molecule has 1 atom stereocenters. The summed E-state index contributed by atoms with van der Waals surface area (Å²) in [5.41, 5.74) is 13.3. The highest BCUT2D eigenvalue weighted by Gasteiger charge is 2.19. The Morgan fingerprint density at radius 1 is 1.29 bits per heavy atom. The van der Waals surface area contributed by atoms with Crippen LogP contribution in [-0.2, 0) is 21.0 Å². The van der Waals surface area contributed by atoms with Crippen molar-refractivity contribution in [2.45, 2.75) is 45.2 Å². The molecule has 1 aromatic rings. The fraction of sp³-hybridized carbons (Fsp3) is 0.550. The van der Waals surface area contributed by atoms with E-state index in [1.807, 2.05) is 12.1 Å². The zero-order valence-corrected chi connectivity index (χ0v) is 16.7. The first-order valence-electron chi connectivity index (χ1n) is 9.67. The Labute approximate surface area is 166 Å². The maximum absolute atomic E-state index is 12.2. The number of carbonyl (C=O) groups excluding carboxylic acids is 2. The van der Waals surface area contributed by atoms with Crippen LogP contribution < -0.4 is 16.8 Å². The van der Waals surface area contributed by atoms with Gasteiger partial charge in [0.05, 0.1) is 6.04 Å². The third kappa shape index (κ3) is 7.28. The van der Waals surface area contributed by atoms with Gasteiger partial charge in [-0.2, -0.15) is 0 Å². The van der Waals surface area contributed by atoms with Crippen molar-refractivity contribution in [3.63, 3.8) is 0 Å². The van der Waals surface area contributed by atoms with Crippen molar-refractivity contribution in [1.29, 1.82) is 0 Å². The maximum Gasteiger partial charge on any atom is 0.332 e.